The van der Waals surface area contributed by atoms with Gasteiger partial charge < -0.3 is 5.32 Å². The molecule has 0 unspecified atom stereocenters. The minimum Gasteiger partial charge on any atom is -0.348 e. The van der Waals surface area contributed by atoms with Gasteiger partial charge in [0, 0.05) is 36.5 Å². The number of benzene rings is 1. The van der Waals surface area contributed by atoms with Gasteiger partial charge in [0.2, 0.25) is 5.91 Å². The van der Waals surface area contributed by atoms with Crippen molar-refractivity contribution in [2.75, 3.05) is 0 Å². The molecule has 8 heteroatoms. The molecule has 3 heterocycles. The highest BCUT2D eigenvalue weighted by Crippen LogP contribution is 2.19. The topological polar surface area (TPSA) is 103 Å². The van der Waals surface area contributed by atoms with Gasteiger partial charge in [-0.1, -0.05) is 25.1 Å². The van der Waals surface area contributed by atoms with Crippen LogP contribution < -0.4 is 5.32 Å². The molecule has 0 atom stereocenters. The van der Waals surface area contributed by atoms with Crippen molar-refractivity contribution in [3.05, 3.63) is 72.4 Å². The molecule has 0 aliphatic heterocycles. The Morgan fingerprint density at radius 1 is 1.07 bits per heavy atom. The van der Waals surface area contributed by atoms with Crippen LogP contribution in [0.5, 0.6) is 0 Å². The van der Waals surface area contributed by atoms with E-state index in [0.717, 1.165) is 11.1 Å². The minimum atomic E-state index is -0.173. The minimum absolute atomic E-state index is 0.0644. The fourth-order valence-electron chi connectivity index (χ4n) is 2.87. The van der Waals surface area contributed by atoms with E-state index < -0.39 is 0 Å². The highest BCUT2D eigenvalue weighted by atomic mass is 16.2. The van der Waals surface area contributed by atoms with Gasteiger partial charge in [0.1, 0.15) is 11.8 Å². The van der Waals surface area contributed by atoms with Crippen molar-refractivity contribution in [1.82, 2.24) is 29.8 Å². The summed E-state index contributed by atoms with van der Waals surface area (Å²) >= 11 is 0. The van der Waals surface area contributed by atoms with E-state index in [2.05, 4.69) is 25.3 Å². The van der Waals surface area contributed by atoms with E-state index in [1.54, 1.807) is 49.8 Å². The SMILES string of the molecule is CCC(=O)n1cnc2nc(-c3ccc(C(=O)NCc4cccnc4)cc3)ncc21. The van der Waals surface area contributed by atoms with Crippen molar-refractivity contribution in [2.24, 2.45) is 0 Å². The summed E-state index contributed by atoms with van der Waals surface area (Å²) < 4.78 is 1.45. The Hall–Kier alpha value is -3.94. The van der Waals surface area contributed by atoms with Crippen LogP contribution in [-0.2, 0) is 6.54 Å². The molecule has 0 radical (unpaired) electrons. The maximum absolute atomic E-state index is 12.3. The number of amides is 1. The Morgan fingerprint density at radius 2 is 1.90 bits per heavy atom. The van der Waals surface area contributed by atoms with Crippen molar-refractivity contribution in [3.63, 3.8) is 0 Å². The standard InChI is InChI=1S/C21H18N6O2/c1-2-18(28)27-13-25-20-17(27)12-23-19(26-20)15-5-7-16(8-6-15)21(29)24-11-14-4-3-9-22-10-14/h3-10,12-13H,2,11H2,1H3,(H,24,29). The van der Waals surface area contributed by atoms with Crippen LogP contribution >= 0.6 is 0 Å². The van der Waals surface area contributed by atoms with Crippen LogP contribution in [-0.4, -0.2) is 36.3 Å². The third-order valence-electron chi connectivity index (χ3n) is 4.46. The van der Waals surface area contributed by atoms with E-state index in [0.29, 0.717) is 35.5 Å². The second kappa shape index (κ2) is 7.97. The average molecular weight is 386 g/mol. The van der Waals surface area contributed by atoms with E-state index in [9.17, 15) is 9.59 Å². The number of hydrogen-bond acceptors (Lipinski definition) is 6. The summed E-state index contributed by atoms with van der Waals surface area (Å²) in [6.07, 6.45) is 6.83. The lowest BCUT2D eigenvalue weighted by Crippen LogP contribution is -2.22. The average Bonchev–Trinajstić information content (AvgIpc) is 3.21. The lowest BCUT2D eigenvalue weighted by atomic mass is 10.1. The largest absolute Gasteiger partial charge is 0.348 e. The maximum atomic E-state index is 12.3. The van der Waals surface area contributed by atoms with Crippen LogP contribution in [0.25, 0.3) is 22.6 Å². The maximum Gasteiger partial charge on any atom is 0.251 e. The van der Waals surface area contributed by atoms with Gasteiger partial charge >= 0.3 is 0 Å². The fraction of sp³-hybridized carbons (Fsp3) is 0.143. The molecule has 0 saturated heterocycles. The zero-order valence-corrected chi connectivity index (χ0v) is 15.7. The first-order valence-corrected chi connectivity index (χ1v) is 9.16. The number of carbonyl (C=O) groups excluding carboxylic acids is 2. The zero-order chi connectivity index (χ0) is 20.2. The number of hydrogen-bond donors (Lipinski definition) is 1. The van der Waals surface area contributed by atoms with Gasteiger partial charge in [0.15, 0.2) is 11.5 Å². The molecule has 4 aromatic rings. The van der Waals surface area contributed by atoms with E-state index in [4.69, 9.17) is 0 Å². The van der Waals surface area contributed by atoms with Gasteiger partial charge in [-0.15, -0.1) is 0 Å². The van der Waals surface area contributed by atoms with E-state index in [1.807, 2.05) is 12.1 Å². The summed E-state index contributed by atoms with van der Waals surface area (Å²) in [7, 11) is 0. The number of imidazole rings is 1. The van der Waals surface area contributed by atoms with Crippen molar-refractivity contribution in [1.29, 1.82) is 0 Å². The van der Waals surface area contributed by atoms with Crippen LogP contribution in [0.1, 0.15) is 34.1 Å². The molecule has 1 aromatic carbocycles. The fourth-order valence-corrected chi connectivity index (χ4v) is 2.87. The predicted octanol–water partition coefficient (Wildman–Crippen LogP) is 2.87. The molecule has 8 nitrogen and oxygen atoms in total. The van der Waals surface area contributed by atoms with Gasteiger partial charge in [0.05, 0.1) is 6.20 Å². The second-order valence-electron chi connectivity index (χ2n) is 6.39. The number of carbonyl (C=O) groups is 2. The molecule has 29 heavy (non-hydrogen) atoms. The third kappa shape index (κ3) is 3.86. The van der Waals surface area contributed by atoms with Crippen molar-refractivity contribution in [2.45, 2.75) is 19.9 Å². The summed E-state index contributed by atoms with van der Waals surface area (Å²) in [5.74, 6) is 0.244. The van der Waals surface area contributed by atoms with Gasteiger partial charge in [-0.3, -0.25) is 19.1 Å². The molecule has 0 aliphatic carbocycles. The molecular weight excluding hydrogens is 368 g/mol. The van der Waals surface area contributed by atoms with Crippen LogP contribution in [0.4, 0.5) is 0 Å². The summed E-state index contributed by atoms with van der Waals surface area (Å²) in [5.41, 5.74) is 3.26. The highest BCUT2D eigenvalue weighted by Gasteiger charge is 2.12. The summed E-state index contributed by atoms with van der Waals surface area (Å²) in [5, 5.41) is 2.86. The molecular formula is C21H18N6O2. The monoisotopic (exact) mass is 386 g/mol. The van der Waals surface area contributed by atoms with Gasteiger partial charge in [0.25, 0.3) is 5.91 Å². The summed E-state index contributed by atoms with van der Waals surface area (Å²) in [6.45, 7) is 2.20. The lowest BCUT2D eigenvalue weighted by molar-refractivity contribution is 0.0911. The molecule has 1 amide bonds. The smallest absolute Gasteiger partial charge is 0.251 e. The van der Waals surface area contributed by atoms with E-state index in [1.165, 1.54) is 10.9 Å². The van der Waals surface area contributed by atoms with Crippen molar-refractivity contribution in [3.8, 4) is 11.4 Å². The quantitative estimate of drug-likeness (QED) is 0.566. The van der Waals surface area contributed by atoms with Crippen molar-refractivity contribution >= 4 is 23.0 Å². The molecule has 3 aromatic heterocycles. The predicted molar refractivity (Wildman–Crippen MR) is 107 cm³/mol. The molecule has 144 valence electrons. The molecule has 1 N–H and O–H groups in total. The number of fused-ring (bicyclic) bond motifs is 1. The first-order chi connectivity index (χ1) is 14.2. The summed E-state index contributed by atoms with van der Waals surface area (Å²) in [4.78, 5) is 41.2. The second-order valence-corrected chi connectivity index (χ2v) is 6.39. The van der Waals surface area contributed by atoms with E-state index >= 15 is 0 Å². The Morgan fingerprint density at radius 3 is 2.62 bits per heavy atom. The van der Waals surface area contributed by atoms with E-state index in [-0.39, 0.29) is 11.8 Å². The Labute approximate surface area is 166 Å². The molecule has 0 spiro atoms. The highest BCUT2D eigenvalue weighted by molar-refractivity contribution is 5.94. The molecule has 0 aliphatic rings. The van der Waals surface area contributed by atoms with Crippen LogP contribution in [0, 0.1) is 0 Å². The van der Waals surface area contributed by atoms with Gasteiger partial charge in [-0.25, -0.2) is 15.0 Å². The van der Waals surface area contributed by atoms with Gasteiger partial charge in [-0.2, -0.15) is 0 Å². The summed E-state index contributed by atoms with van der Waals surface area (Å²) in [6, 6.07) is 10.7. The Balaban J connectivity index is 1.50. The van der Waals surface area contributed by atoms with Crippen molar-refractivity contribution < 1.29 is 9.59 Å². The lowest BCUT2D eigenvalue weighted by Gasteiger charge is -2.06. The molecule has 0 bridgehead atoms. The first-order valence-electron chi connectivity index (χ1n) is 9.16. The molecule has 4 rings (SSSR count). The number of aromatic nitrogens is 5. The number of pyridine rings is 1. The van der Waals surface area contributed by atoms with Crippen LogP contribution in [0.3, 0.4) is 0 Å². The number of rotatable bonds is 5. The van der Waals surface area contributed by atoms with Crippen LogP contribution in [0.15, 0.2) is 61.3 Å². The first kappa shape index (κ1) is 18.4. The molecule has 0 saturated carbocycles. The Kier molecular flexibility index (Phi) is 5.07. The number of nitrogens with zero attached hydrogens (tertiary/aromatic N) is 5. The number of nitrogens with one attached hydrogen (secondary N) is 1. The normalized spacial score (nSPS) is 10.8. The van der Waals surface area contributed by atoms with Gasteiger partial charge in [-0.05, 0) is 23.8 Å². The Bertz CT molecular complexity index is 1170. The zero-order valence-electron chi connectivity index (χ0n) is 15.7. The third-order valence-corrected chi connectivity index (χ3v) is 4.46. The van der Waals surface area contributed by atoms with Crippen LogP contribution in [0.2, 0.25) is 0 Å². The molecule has 0 fully saturated rings.